The average Bonchev–Trinajstić information content (AvgIpc) is 3.39. The van der Waals surface area contributed by atoms with Gasteiger partial charge in [-0.25, -0.2) is 0 Å². The third-order valence-corrected chi connectivity index (χ3v) is 7.18. The van der Waals surface area contributed by atoms with Gasteiger partial charge in [-0.3, -0.25) is 19.3 Å². The van der Waals surface area contributed by atoms with Crippen molar-refractivity contribution in [3.63, 3.8) is 0 Å². The molecule has 2 fully saturated rings. The first-order valence-electron chi connectivity index (χ1n) is 10.9. The molecule has 2 atom stereocenters. The maximum Gasteiger partial charge on any atom is 0.233 e. The summed E-state index contributed by atoms with van der Waals surface area (Å²) in [7, 11) is 1.62. The van der Waals surface area contributed by atoms with Crippen molar-refractivity contribution in [2.45, 2.75) is 45.2 Å². The molecule has 2 heterocycles. The fourth-order valence-electron chi connectivity index (χ4n) is 4.68. The minimum atomic E-state index is -0.174. The summed E-state index contributed by atoms with van der Waals surface area (Å²) in [6.45, 7) is 1.06. The van der Waals surface area contributed by atoms with E-state index in [9.17, 15) is 14.4 Å². The average molecular weight is 441 g/mol. The Morgan fingerprint density at radius 1 is 1.06 bits per heavy atom. The highest BCUT2D eigenvalue weighted by atomic mass is 32.1. The highest BCUT2D eigenvalue weighted by molar-refractivity contribution is 7.09. The first-order valence-corrected chi connectivity index (χ1v) is 11.7. The van der Waals surface area contributed by atoms with Crippen molar-refractivity contribution in [1.29, 1.82) is 0 Å². The van der Waals surface area contributed by atoms with E-state index >= 15 is 0 Å². The summed E-state index contributed by atoms with van der Waals surface area (Å²) in [6.07, 6.45) is 3.72. The number of nitrogens with zero attached hydrogens (tertiary/aromatic N) is 2. The van der Waals surface area contributed by atoms with Crippen LogP contribution < -0.4 is 4.74 Å². The molecule has 2 aromatic rings. The summed E-state index contributed by atoms with van der Waals surface area (Å²) >= 11 is 1.60. The molecule has 0 radical (unpaired) electrons. The van der Waals surface area contributed by atoms with E-state index in [1.807, 2.05) is 41.8 Å². The van der Waals surface area contributed by atoms with E-state index in [1.165, 1.54) is 4.90 Å². The molecule has 31 heavy (non-hydrogen) atoms. The second kappa shape index (κ2) is 9.64. The molecular weight excluding hydrogens is 412 g/mol. The van der Waals surface area contributed by atoms with Crippen LogP contribution in [0, 0.1) is 11.8 Å². The van der Waals surface area contributed by atoms with Crippen LogP contribution in [0.3, 0.4) is 0 Å². The molecule has 2 aliphatic rings. The monoisotopic (exact) mass is 440 g/mol. The lowest BCUT2D eigenvalue weighted by molar-refractivity contribution is -0.141. The number of amides is 3. The number of methoxy groups -OCH3 is 1. The van der Waals surface area contributed by atoms with E-state index in [0.29, 0.717) is 13.1 Å². The van der Waals surface area contributed by atoms with E-state index in [-0.39, 0.29) is 42.5 Å². The second-order valence-electron chi connectivity index (χ2n) is 8.22. The van der Waals surface area contributed by atoms with E-state index in [2.05, 4.69) is 0 Å². The van der Waals surface area contributed by atoms with Crippen LogP contribution in [0.5, 0.6) is 5.75 Å². The molecule has 7 heteroatoms. The van der Waals surface area contributed by atoms with E-state index < -0.39 is 0 Å². The first-order chi connectivity index (χ1) is 15.1. The molecule has 164 valence electrons. The molecule has 0 spiro atoms. The molecule has 0 N–H and O–H groups in total. The van der Waals surface area contributed by atoms with Crippen LogP contribution in [0.25, 0.3) is 0 Å². The predicted molar refractivity (Wildman–Crippen MR) is 118 cm³/mol. The van der Waals surface area contributed by atoms with Gasteiger partial charge in [0, 0.05) is 30.0 Å². The third kappa shape index (κ3) is 4.66. The molecular formula is C24H28N2O4S. The minimum absolute atomic E-state index is 0.0743. The van der Waals surface area contributed by atoms with Crippen molar-refractivity contribution in [1.82, 2.24) is 9.80 Å². The number of para-hydroxylation sites is 1. The maximum atomic E-state index is 13.2. The van der Waals surface area contributed by atoms with E-state index in [4.69, 9.17) is 4.74 Å². The Labute approximate surface area is 186 Å². The van der Waals surface area contributed by atoms with Gasteiger partial charge in [-0.05, 0) is 30.4 Å². The zero-order valence-corrected chi connectivity index (χ0v) is 18.6. The van der Waals surface area contributed by atoms with Crippen molar-refractivity contribution in [3.8, 4) is 5.75 Å². The molecule has 6 nitrogen and oxygen atoms in total. The fraction of sp³-hybridized carbons (Fsp3) is 0.458. The summed E-state index contributed by atoms with van der Waals surface area (Å²) in [6, 6.07) is 11.6. The van der Waals surface area contributed by atoms with Crippen molar-refractivity contribution in [2.24, 2.45) is 11.8 Å². The Balaban J connectivity index is 1.45. The largest absolute Gasteiger partial charge is 0.496 e. The van der Waals surface area contributed by atoms with Gasteiger partial charge in [0.25, 0.3) is 0 Å². The molecule has 1 saturated carbocycles. The molecule has 1 saturated heterocycles. The number of thiophene rings is 1. The molecule has 1 aliphatic carbocycles. The lowest BCUT2D eigenvalue weighted by atomic mass is 9.81. The number of likely N-dealkylation sites (tertiary alicyclic amines) is 1. The number of ether oxygens (including phenoxy) is 1. The van der Waals surface area contributed by atoms with Crippen LogP contribution in [0.4, 0.5) is 0 Å². The van der Waals surface area contributed by atoms with Gasteiger partial charge in [-0.2, -0.15) is 0 Å². The second-order valence-corrected chi connectivity index (χ2v) is 9.25. The zero-order chi connectivity index (χ0) is 21.8. The van der Waals surface area contributed by atoms with Gasteiger partial charge in [0.05, 0.1) is 25.5 Å². The predicted octanol–water partition coefficient (Wildman–Crippen LogP) is 3.85. The Morgan fingerprint density at radius 3 is 2.42 bits per heavy atom. The number of carbonyl (C=O) groups is 3. The Hall–Kier alpha value is -2.67. The smallest absolute Gasteiger partial charge is 0.233 e. The van der Waals surface area contributed by atoms with Gasteiger partial charge in [-0.1, -0.05) is 37.1 Å². The molecule has 0 unspecified atom stereocenters. The molecule has 1 aromatic heterocycles. The standard InChI is InChI=1S/C24H28N2O4S/c1-30-21-11-5-2-7-17(21)15-25(16-18-8-6-14-31-18)22(27)12-13-26-23(28)19-9-3-4-10-20(19)24(26)29/h2,5-8,11,14,19-20H,3-4,9-10,12-13,15-16H2,1H3/t19-,20-/m1/s1. The van der Waals surface area contributed by atoms with Crippen molar-refractivity contribution < 1.29 is 19.1 Å². The molecule has 1 aliphatic heterocycles. The van der Waals surface area contributed by atoms with Crippen LogP contribution in [-0.4, -0.2) is 41.2 Å². The van der Waals surface area contributed by atoms with Crippen LogP contribution in [0.2, 0.25) is 0 Å². The molecule has 0 bridgehead atoms. The Bertz CT molecular complexity index is 919. The van der Waals surface area contributed by atoms with Gasteiger partial charge in [0.1, 0.15) is 5.75 Å². The van der Waals surface area contributed by atoms with Gasteiger partial charge >= 0.3 is 0 Å². The van der Waals surface area contributed by atoms with Crippen LogP contribution in [0.15, 0.2) is 41.8 Å². The lowest BCUT2D eigenvalue weighted by Crippen LogP contribution is -2.37. The van der Waals surface area contributed by atoms with Gasteiger partial charge in [0.2, 0.25) is 17.7 Å². The SMILES string of the molecule is COc1ccccc1CN(Cc1cccs1)C(=O)CCN1C(=O)[C@@H]2CCCC[C@H]2C1=O. The van der Waals surface area contributed by atoms with Gasteiger partial charge in [-0.15, -0.1) is 11.3 Å². The summed E-state index contributed by atoms with van der Waals surface area (Å²) in [4.78, 5) is 42.9. The van der Waals surface area contributed by atoms with Crippen molar-refractivity contribution >= 4 is 29.1 Å². The van der Waals surface area contributed by atoms with Crippen molar-refractivity contribution in [2.75, 3.05) is 13.7 Å². The van der Waals surface area contributed by atoms with E-state index in [0.717, 1.165) is 41.9 Å². The highest BCUT2D eigenvalue weighted by Gasteiger charge is 2.47. The van der Waals surface area contributed by atoms with Gasteiger partial charge in [0.15, 0.2) is 0 Å². The van der Waals surface area contributed by atoms with Crippen LogP contribution in [0.1, 0.15) is 42.5 Å². The summed E-state index contributed by atoms with van der Waals surface area (Å²) in [5.74, 6) is 0.142. The first kappa shape index (κ1) is 21.6. The summed E-state index contributed by atoms with van der Waals surface area (Å²) in [5, 5.41) is 1.99. The number of hydrogen-bond donors (Lipinski definition) is 0. The van der Waals surface area contributed by atoms with Crippen molar-refractivity contribution in [3.05, 3.63) is 52.2 Å². The van der Waals surface area contributed by atoms with Gasteiger partial charge < -0.3 is 9.64 Å². The number of benzene rings is 1. The summed E-state index contributed by atoms with van der Waals surface area (Å²) < 4.78 is 5.45. The number of hydrogen-bond acceptors (Lipinski definition) is 5. The number of carbonyl (C=O) groups excluding carboxylic acids is 3. The van der Waals surface area contributed by atoms with Crippen LogP contribution >= 0.6 is 11.3 Å². The Morgan fingerprint density at radius 2 is 1.77 bits per heavy atom. The normalized spacial score (nSPS) is 20.6. The number of fused-ring (bicyclic) bond motifs is 1. The van der Waals surface area contributed by atoms with E-state index in [1.54, 1.807) is 23.3 Å². The Kier molecular flexibility index (Phi) is 6.70. The zero-order valence-electron chi connectivity index (χ0n) is 17.8. The number of imide groups is 1. The fourth-order valence-corrected chi connectivity index (χ4v) is 5.40. The quantitative estimate of drug-likeness (QED) is 0.585. The molecule has 4 rings (SSSR count). The molecule has 3 amide bonds. The topological polar surface area (TPSA) is 66.9 Å². The highest BCUT2D eigenvalue weighted by Crippen LogP contribution is 2.38. The molecule has 1 aromatic carbocycles. The maximum absolute atomic E-state index is 13.2. The third-order valence-electron chi connectivity index (χ3n) is 6.31. The lowest BCUT2D eigenvalue weighted by Gasteiger charge is -2.24. The minimum Gasteiger partial charge on any atom is -0.496 e. The summed E-state index contributed by atoms with van der Waals surface area (Å²) in [5.41, 5.74) is 0.925. The number of rotatable bonds is 8. The van der Waals surface area contributed by atoms with Crippen LogP contribution in [-0.2, 0) is 27.5 Å².